The quantitative estimate of drug-likeness (QED) is 0.865. The van der Waals surface area contributed by atoms with Crippen LogP contribution in [-0.4, -0.2) is 29.7 Å². The Kier molecular flexibility index (Phi) is 4.24. The van der Waals surface area contributed by atoms with E-state index in [9.17, 15) is 4.79 Å². The Balaban J connectivity index is 2.32. The van der Waals surface area contributed by atoms with Crippen molar-refractivity contribution in [2.45, 2.75) is 13.0 Å². The highest BCUT2D eigenvalue weighted by atomic mass is 16.5. The number of amides is 1. The molecule has 0 bridgehead atoms. The zero-order chi connectivity index (χ0) is 14.5. The number of benzene rings is 1. The summed E-state index contributed by atoms with van der Waals surface area (Å²) in [6.07, 6.45) is 3.78. The van der Waals surface area contributed by atoms with Gasteiger partial charge in [0, 0.05) is 30.9 Å². The summed E-state index contributed by atoms with van der Waals surface area (Å²) in [5.41, 5.74) is 6.06. The maximum Gasteiger partial charge on any atom is 0.219 e. The van der Waals surface area contributed by atoms with Crippen molar-refractivity contribution in [2.75, 3.05) is 14.2 Å². The lowest BCUT2D eigenvalue weighted by molar-refractivity contribution is -0.118. The molecule has 1 amide bonds. The number of rotatable bonds is 6. The average Bonchev–Trinajstić information content (AvgIpc) is 2.92. The molecule has 1 aromatic heterocycles. The highest BCUT2D eigenvalue weighted by molar-refractivity contribution is 5.73. The first-order valence-electron chi connectivity index (χ1n) is 6.17. The highest BCUT2D eigenvalue weighted by Gasteiger charge is 2.10. The molecule has 1 heterocycles. The Morgan fingerprint density at radius 3 is 2.70 bits per heavy atom. The van der Waals surface area contributed by atoms with Gasteiger partial charge in [-0.2, -0.15) is 0 Å². The van der Waals surface area contributed by atoms with Gasteiger partial charge in [-0.1, -0.05) is 0 Å². The van der Waals surface area contributed by atoms with Crippen LogP contribution in [0.3, 0.4) is 0 Å². The molecular formula is C14H17N3O3. The second kappa shape index (κ2) is 6.10. The molecular weight excluding hydrogens is 258 g/mol. The zero-order valence-electron chi connectivity index (χ0n) is 11.5. The number of nitrogens with two attached hydrogens (primary N) is 1. The standard InChI is InChI=1S/C14H17N3O3/c1-19-11-4-3-10(9-12(11)20-2)14-16-6-8-17(14)7-5-13(15)18/h3-4,6,8-9H,5,7H2,1-2H3,(H2,15,18). The average molecular weight is 275 g/mol. The van der Waals surface area contributed by atoms with Gasteiger partial charge in [-0.05, 0) is 18.2 Å². The van der Waals surface area contributed by atoms with E-state index >= 15 is 0 Å². The molecule has 2 aromatic rings. The van der Waals surface area contributed by atoms with Gasteiger partial charge in [0.25, 0.3) is 0 Å². The van der Waals surface area contributed by atoms with Crippen molar-refractivity contribution in [1.29, 1.82) is 0 Å². The minimum Gasteiger partial charge on any atom is -0.493 e. The Bertz CT molecular complexity index is 607. The van der Waals surface area contributed by atoms with Gasteiger partial charge in [-0.3, -0.25) is 4.79 Å². The van der Waals surface area contributed by atoms with Gasteiger partial charge in [0.2, 0.25) is 5.91 Å². The van der Waals surface area contributed by atoms with Crippen LogP contribution in [0.15, 0.2) is 30.6 Å². The summed E-state index contributed by atoms with van der Waals surface area (Å²) in [6.45, 7) is 0.499. The second-order valence-electron chi connectivity index (χ2n) is 4.23. The van der Waals surface area contributed by atoms with E-state index in [1.54, 1.807) is 20.4 Å². The fourth-order valence-electron chi connectivity index (χ4n) is 1.96. The monoisotopic (exact) mass is 275 g/mol. The van der Waals surface area contributed by atoms with E-state index in [0.29, 0.717) is 18.0 Å². The predicted molar refractivity (Wildman–Crippen MR) is 74.6 cm³/mol. The number of carbonyl (C=O) groups is 1. The molecule has 0 spiro atoms. The molecule has 6 nitrogen and oxygen atoms in total. The SMILES string of the molecule is COc1ccc(-c2nccn2CCC(N)=O)cc1OC. The number of ether oxygens (including phenoxy) is 2. The third-order valence-electron chi connectivity index (χ3n) is 2.96. The number of methoxy groups -OCH3 is 2. The topological polar surface area (TPSA) is 79.4 Å². The molecule has 6 heteroatoms. The summed E-state index contributed by atoms with van der Waals surface area (Å²) >= 11 is 0. The van der Waals surface area contributed by atoms with Crippen LogP contribution >= 0.6 is 0 Å². The fourth-order valence-corrected chi connectivity index (χ4v) is 1.96. The number of nitrogens with zero attached hydrogens (tertiary/aromatic N) is 2. The number of hydrogen-bond donors (Lipinski definition) is 1. The summed E-state index contributed by atoms with van der Waals surface area (Å²) in [4.78, 5) is 15.2. The summed E-state index contributed by atoms with van der Waals surface area (Å²) in [5.74, 6) is 1.71. The third-order valence-corrected chi connectivity index (χ3v) is 2.96. The van der Waals surface area contributed by atoms with E-state index in [4.69, 9.17) is 15.2 Å². The summed E-state index contributed by atoms with van der Waals surface area (Å²) in [7, 11) is 3.17. The Morgan fingerprint density at radius 2 is 2.05 bits per heavy atom. The van der Waals surface area contributed by atoms with Gasteiger partial charge < -0.3 is 19.8 Å². The van der Waals surface area contributed by atoms with Gasteiger partial charge in [0.1, 0.15) is 5.82 Å². The van der Waals surface area contributed by atoms with Crippen LogP contribution in [0.2, 0.25) is 0 Å². The minimum atomic E-state index is -0.336. The number of carbonyl (C=O) groups excluding carboxylic acids is 1. The molecule has 2 N–H and O–H groups in total. The van der Waals surface area contributed by atoms with Gasteiger partial charge in [0.15, 0.2) is 11.5 Å². The molecule has 0 aliphatic carbocycles. The van der Waals surface area contributed by atoms with Gasteiger partial charge in [-0.15, -0.1) is 0 Å². The van der Waals surface area contributed by atoms with Crippen molar-refractivity contribution in [2.24, 2.45) is 5.73 Å². The molecule has 106 valence electrons. The van der Waals surface area contributed by atoms with Crippen LogP contribution in [0.25, 0.3) is 11.4 Å². The van der Waals surface area contributed by atoms with Crippen LogP contribution < -0.4 is 15.2 Å². The highest BCUT2D eigenvalue weighted by Crippen LogP contribution is 2.31. The van der Waals surface area contributed by atoms with Gasteiger partial charge in [-0.25, -0.2) is 4.98 Å². The van der Waals surface area contributed by atoms with Crippen molar-refractivity contribution < 1.29 is 14.3 Å². The van der Waals surface area contributed by atoms with Gasteiger partial charge in [0.05, 0.1) is 14.2 Å². The van der Waals surface area contributed by atoms with Crippen LogP contribution in [0, 0.1) is 0 Å². The first kappa shape index (κ1) is 13.9. The Hall–Kier alpha value is -2.50. The van der Waals surface area contributed by atoms with Crippen LogP contribution in [0.4, 0.5) is 0 Å². The van der Waals surface area contributed by atoms with E-state index in [1.165, 1.54) is 0 Å². The normalized spacial score (nSPS) is 10.3. The largest absolute Gasteiger partial charge is 0.493 e. The molecule has 0 saturated heterocycles. The number of hydrogen-bond acceptors (Lipinski definition) is 4. The number of imidazole rings is 1. The predicted octanol–water partition coefficient (Wildman–Crippen LogP) is 1.44. The Morgan fingerprint density at radius 1 is 1.30 bits per heavy atom. The number of aryl methyl sites for hydroxylation is 1. The fraction of sp³-hybridized carbons (Fsp3) is 0.286. The molecule has 0 aliphatic heterocycles. The molecule has 2 rings (SSSR count). The molecule has 0 unspecified atom stereocenters. The molecule has 0 saturated carbocycles. The molecule has 1 aromatic carbocycles. The van der Waals surface area contributed by atoms with Crippen LogP contribution in [0.1, 0.15) is 6.42 Å². The summed E-state index contributed by atoms with van der Waals surface area (Å²) in [5, 5.41) is 0. The molecule has 0 atom stereocenters. The van der Waals surface area contributed by atoms with Crippen molar-refractivity contribution >= 4 is 5.91 Å². The van der Waals surface area contributed by atoms with E-state index in [-0.39, 0.29) is 12.3 Å². The van der Waals surface area contributed by atoms with E-state index in [0.717, 1.165) is 11.4 Å². The second-order valence-corrected chi connectivity index (χ2v) is 4.23. The van der Waals surface area contributed by atoms with E-state index < -0.39 is 0 Å². The molecule has 20 heavy (non-hydrogen) atoms. The van der Waals surface area contributed by atoms with E-state index in [2.05, 4.69) is 4.98 Å². The van der Waals surface area contributed by atoms with E-state index in [1.807, 2.05) is 29.0 Å². The minimum absolute atomic E-state index is 0.274. The van der Waals surface area contributed by atoms with Crippen molar-refractivity contribution in [1.82, 2.24) is 9.55 Å². The van der Waals surface area contributed by atoms with Crippen molar-refractivity contribution in [3.05, 3.63) is 30.6 Å². The van der Waals surface area contributed by atoms with Crippen LogP contribution in [-0.2, 0) is 11.3 Å². The van der Waals surface area contributed by atoms with Crippen molar-refractivity contribution in [3.63, 3.8) is 0 Å². The maximum absolute atomic E-state index is 10.9. The summed E-state index contributed by atoms with van der Waals surface area (Å²) < 4.78 is 12.4. The number of aromatic nitrogens is 2. The summed E-state index contributed by atoms with van der Waals surface area (Å²) in [6, 6.07) is 5.56. The molecule has 0 aliphatic rings. The molecule has 0 fully saturated rings. The van der Waals surface area contributed by atoms with Crippen LogP contribution in [0.5, 0.6) is 11.5 Å². The van der Waals surface area contributed by atoms with Crippen molar-refractivity contribution in [3.8, 4) is 22.9 Å². The lowest BCUT2D eigenvalue weighted by Gasteiger charge is -2.11. The first-order valence-corrected chi connectivity index (χ1v) is 6.17. The molecule has 0 radical (unpaired) electrons. The zero-order valence-corrected chi connectivity index (χ0v) is 11.5. The number of primary amides is 1. The lowest BCUT2D eigenvalue weighted by atomic mass is 10.2. The van der Waals surface area contributed by atoms with Gasteiger partial charge >= 0.3 is 0 Å². The lowest BCUT2D eigenvalue weighted by Crippen LogP contribution is -2.14. The Labute approximate surface area is 117 Å². The first-order chi connectivity index (χ1) is 9.65. The third kappa shape index (κ3) is 2.90. The smallest absolute Gasteiger partial charge is 0.219 e. The maximum atomic E-state index is 10.9.